The summed E-state index contributed by atoms with van der Waals surface area (Å²) in [6.45, 7) is 7.03. The number of rotatable bonds is 5. The molecule has 2 amide bonds. The first kappa shape index (κ1) is 20.8. The van der Waals surface area contributed by atoms with Crippen LogP contribution in [-0.4, -0.2) is 61.2 Å². The summed E-state index contributed by atoms with van der Waals surface area (Å²) >= 11 is 0. The first-order chi connectivity index (χ1) is 13.2. The first-order valence-corrected chi connectivity index (χ1v) is 11.3. The monoisotopic (exact) mass is 407 g/mol. The van der Waals surface area contributed by atoms with Crippen molar-refractivity contribution in [2.45, 2.75) is 57.0 Å². The quantitative estimate of drug-likeness (QED) is 0.802. The number of amides is 2. The molecule has 154 valence electrons. The van der Waals surface area contributed by atoms with Crippen LogP contribution in [0.3, 0.4) is 0 Å². The Labute approximate surface area is 167 Å². The molecule has 2 saturated heterocycles. The summed E-state index contributed by atoms with van der Waals surface area (Å²) in [5, 5.41) is 3.02. The van der Waals surface area contributed by atoms with Crippen molar-refractivity contribution in [2.24, 2.45) is 5.92 Å². The molecule has 1 aromatic carbocycles. The van der Waals surface area contributed by atoms with Gasteiger partial charge in [-0.3, -0.25) is 9.59 Å². The summed E-state index contributed by atoms with van der Waals surface area (Å²) in [5.74, 6) is -0.394. The minimum Gasteiger partial charge on any atom is -0.353 e. The van der Waals surface area contributed by atoms with Gasteiger partial charge in [-0.1, -0.05) is 17.7 Å². The lowest BCUT2D eigenvalue weighted by Gasteiger charge is -2.32. The number of hydrogen-bond donors (Lipinski definition) is 1. The number of aryl methyl sites for hydroxylation is 1. The molecule has 0 radical (unpaired) electrons. The van der Waals surface area contributed by atoms with Crippen molar-refractivity contribution in [3.8, 4) is 0 Å². The molecule has 2 heterocycles. The van der Waals surface area contributed by atoms with Crippen molar-refractivity contribution in [3.63, 3.8) is 0 Å². The van der Waals surface area contributed by atoms with E-state index in [1.165, 1.54) is 4.31 Å². The van der Waals surface area contributed by atoms with E-state index in [9.17, 15) is 18.0 Å². The number of nitrogens with one attached hydrogen (secondary N) is 1. The molecule has 2 aliphatic heterocycles. The van der Waals surface area contributed by atoms with Crippen LogP contribution >= 0.6 is 0 Å². The third kappa shape index (κ3) is 4.38. The SMILES string of the molecule is Cc1ccc(S(=O)(=O)N2CCC(NC(=O)C3CC(=O)N(C(C)C)C3)CC2)cc1. The fraction of sp³-hybridized carbons (Fsp3) is 0.600. The predicted octanol–water partition coefficient (Wildman–Crippen LogP) is 1.52. The maximum Gasteiger partial charge on any atom is 0.243 e. The lowest BCUT2D eigenvalue weighted by molar-refractivity contribution is -0.130. The number of hydrogen-bond acceptors (Lipinski definition) is 4. The van der Waals surface area contributed by atoms with Crippen LogP contribution in [0.5, 0.6) is 0 Å². The second kappa shape index (κ2) is 8.21. The van der Waals surface area contributed by atoms with Gasteiger partial charge in [-0.25, -0.2) is 8.42 Å². The van der Waals surface area contributed by atoms with E-state index in [-0.39, 0.29) is 36.2 Å². The maximum absolute atomic E-state index is 12.8. The van der Waals surface area contributed by atoms with Gasteiger partial charge in [-0.2, -0.15) is 4.31 Å². The van der Waals surface area contributed by atoms with Crippen molar-refractivity contribution in [1.29, 1.82) is 0 Å². The van der Waals surface area contributed by atoms with Crippen molar-refractivity contribution < 1.29 is 18.0 Å². The Kier molecular flexibility index (Phi) is 6.09. The summed E-state index contributed by atoms with van der Waals surface area (Å²) in [6, 6.07) is 6.90. The number of piperidine rings is 1. The molecule has 1 N–H and O–H groups in total. The first-order valence-electron chi connectivity index (χ1n) is 9.85. The van der Waals surface area contributed by atoms with Crippen molar-refractivity contribution in [3.05, 3.63) is 29.8 Å². The molecule has 0 aliphatic carbocycles. The average Bonchev–Trinajstić information content (AvgIpc) is 3.05. The van der Waals surface area contributed by atoms with Gasteiger partial charge in [0.2, 0.25) is 21.8 Å². The van der Waals surface area contributed by atoms with Gasteiger partial charge in [0, 0.05) is 38.1 Å². The minimum atomic E-state index is -3.50. The highest BCUT2D eigenvalue weighted by Crippen LogP contribution is 2.23. The molecular formula is C20H29N3O4S. The molecule has 3 rings (SSSR count). The van der Waals surface area contributed by atoms with Crippen LogP contribution in [0.1, 0.15) is 38.7 Å². The third-order valence-corrected chi connectivity index (χ3v) is 7.52. The predicted molar refractivity (Wildman–Crippen MR) is 106 cm³/mol. The van der Waals surface area contributed by atoms with Gasteiger partial charge >= 0.3 is 0 Å². The van der Waals surface area contributed by atoms with Crippen molar-refractivity contribution in [2.75, 3.05) is 19.6 Å². The second-order valence-corrected chi connectivity index (χ2v) is 9.98. The third-order valence-electron chi connectivity index (χ3n) is 5.61. The summed E-state index contributed by atoms with van der Waals surface area (Å²) in [7, 11) is -3.50. The fourth-order valence-corrected chi connectivity index (χ4v) is 5.29. The summed E-state index contributed by atoms with van der Waals surface area (Å²) in [6.07, 6.45) is 1.40. The molecule has 0 spiro atoms. The van der Waals surface area contributed by atoms with E-state index >= 15 is 0 Å². The average molecular weight is 408 g/mol. The zero-order valence-corrected chi connectivity index (χ0v) is 17.5. The van der Waals surface area contributed by atoms with E-state index in [1.54, 1.807) is 29.2 Å². The van der Waals surface area contributed by atoms with Crippen LogP contribution in [-0.2, 0) is 19.6 Å². The van der Waals surface area contributed by atoms with Gasteiger partial charge in [0.15, 0.2) is 0 Å². The summed E-state index contributed by atoms with van der Waals surface area (Å²) in [5.41, 5.74) is 1.02. The lowest BCUT2D eigenvalue weighted by Crippen LogP contribution is -2.48. The van der Waals surface area contributed by atoms with E-state index in [2.05, 4.69) is 5.32 Å². The van der Waals surface area contributed by atoms with Gasteiger partial charge in [0.1, 0.15) is 0 Å². The van der Waals surface area contributed by atoms with Crippen LogP contribution in [0.2, 0.25) is 0 Å². The number of nitrogens with zero attached hydrogens (tertiary/aromatic N) is 2. The Bertz CT molecular complexity index is 828. The molecule has 7 nitrogen and oxygen atoms in total. The molecule has 28 heavy (non-hydrogen) atoms. The van der Waals surface area contributed by atoms with Gasteiger partial charge in [0.05, 0.1) is 10.8 Å². The van der Waals surface area contributed by atoms with Crippen LogP contribution in [0, 0.1) is 12.8 Å². The molecule has 0 aromatic heterocycles. The Morgan fingerprint density at radius 2 is 1.75 bits per heavy atom. The van der Waals surface area contributed by atoms with Gasteiger partial charge < -0.3 is 10.2 Å². The topological polar surface area (TPSA) is 86.8 Å². The molecule has 1 unspecified atom stereocenters. The lowest BCUT2D eigenvalue weighted by atomic mass is 10.0. The molecule has 0 bridgehead atoms. The van der Waals surface area contributed by atoms with Gasteiger partial charge in [-0.15, -0.1) is 0 Å². The van der Waals surface area contributed by atoms with E-state index in [0.717, 1.165) is 5.56 Å². The van der Waals surface area contributed by atoms with Gasteiger partial charge in [-0.05, 0) is 45.7 Å². The molecular weight excluding hydrogens is 378 g/mol. The minimum absolute atomic E-state index is 0.0224. The van der Waals surface area contributed by atoms with Crippen LogP contribution in [0.4, 0.5) is 0 Å². The number of likely N-dealkylation sites (tertiary alicyclic amines) is 1. The zero-order valence-electron chi connectivity index (χ0n) is 16.7. The highest BCUT2D eigenvalue weighted by Gasteiger charge is 2.37. The van der Waals surface area contributed by atoms with Gasteiger partial charge in [0.25, 0.3) is 0 Å². The van der Waals surface area contributed by atoms with E-state index in [4.69, 9.17) is 0 Å². The number of benzene rings is 1. The summed E-state index contributed by atoms with van der Waals surface area (Å²) in [4.78, 5) is 26.6. The Morgan fingerprint density at radius 1 is 1.14 bits per heavy atom. The largest absolute Gasteiger partial charge is 0.353 e. The number of carbonyl (C=O) groups is 2. The molecule has 0 saturated carbocycles. The number of sulfonamides is 1. The molecule has 2 aliphatic rings. The Hall–Kier alpha value is -1.93. The second-order valence-electron chi connectivity index (χ2n) is 8.04. The standard InChI is InChI=1S/C20H29N3O4S/c1-14(2)23-13-16(12-19(23)24)20(25)21-17-8-10-22(11-9-17)28(26,27)18-6-4-15(3)5-7-18/h4-7,14,16-17H,8-13H2,1-3H3,(H,21,25). The molecule has 8 heteroatoms. The molecule has 1 atom stereocenters. The van der Waals surface area contributed by atoms with Crippen molar-refractivity contribution >= 4 is 21.8 Å². The van der Waals surface area contributed by atoms with E-state index < -0.39 is 10.0 Å². The number of carbonyl (C=O) groups excluding carboxylic acids is 2. The highest BCUT2D eigenvalue weighted by atomic mass is 32.2. The Balaban J connectivity index is 1.53. The van der Waals surface area contributed by atoms with Crippen LogP contribution < -0.4 is 5.32 Å². The Morgan fingerprint density at radius 3 is 2.29 bits per heavy atom. The molecule has 1 aromatic rings. The van der Waals surface area contributed by atoms with Crippen LogP contribution in [0.15, 0.2) is 29.2 Å². The zero-order chi connectivity index (χ0) is 20.5. The highest BCUT2D eigenvalue weighted by molar-refractivity contribution is 7.89. The molecule has 2 fully saturated rings. The van der Waals surface area contributed by atoms with Crippen molar-refractivity contribution in [1.82, 2.24) is 14.5 Å². The van der Waals surface area contributed by atoms with E-state index in [1.807, 2.05) is 20.8 Å². The van der Waals surface area contributed by atoms with Crippen LogP contribution in [0.25, 0.3) is 0 Å². The van der Waals surface area contributed by atoms with E-state index in [0.29, 0.717) is 37.4 Å². The normalized spacial score (nSPS) is 22.1. The summed E-state index contributed by atoms with van der Waals surface area (Å²) < 4.78 is 27.0. The fourth-order valence-electron chi connectivity index (χ4n) is 3.83. The maximum atomic E-state index is 12.8. The smallest absolute Gasteiger partial charge is 0.243 e.